The minimum atomic E-state index is -0.288. The summed E-state index contributed by atoms with van der Waals surface area (Å²) in [5.41, 5.74) is 2.50. The van der Waals surface area contributed by atoms with Crippen molar-refractivity contribution in [1.29, 1.82) is 0 Å². The van der Waals surface area contributed by atoms with Crippen LogP contribution >= 0.6 is 0 Å². The van der Waals surface area contributed by atoms with Crippen LogP contribution in [0.5, 0.6) is 0 Å². The van der Waals surface area contributed by atoms with Gasteiger partial charge in [-0.25, -0.2) is 0 Å². The molecule has 1 aromatic heterocycles. The van der Waals surface area contributed by atoms with Gasteiger partial charge in [0, 0.05) is 19.6 Å². The summed E-state index contributed by atoms with van der Waals surface area (Å²) in [6.07, 6.45) is 1.49. The van der Waals surface area contributed by atoms with Gasteiger partial charge >= 0.3 is 0 Å². The van der Waals surface area contributed by atoms with Crippen LogP contribution in [0.15, 0.2) is 6.07 Å². The van der Waals surface area contributed by atoms with Crippen LogP contribution in [0.2, 0.25) is 0 Å². The molecule has 0 aromatic carbocycles. The highest BCUT2D eigenvalue weighted by molar-refractivity contribution is 5.10. The van der Waals surface area contributed by atoms with Gasteiger partial charge in [-0.05, 0) is 31.2 Å². The van der Waals surface area contributed by atoms with E-state index in [0.29, 0.717) is 6.54 Å². The third-order valence-electron chi connectivity index (χ3n) is 3.11. The van der Waals surface area contributed by atoms with E-state index in [9.17, 15) is 5.11 Å². The molecule has 1 atom stereocenters. The van der Waals surface area contributed by atoms with Crippen LogP contribution in [0.1, 0.15) is 52.4 Å². The summed E-state index contributed by atoms with van der Waals surface area (Å²) < 4.78 is 2.03. The van der Waals surface area contributed by atoms with Gasteiger partial charge in [-0.1, -0.05) is 27.7 Å². The zero-order chi connectivity index (χ0) is 14.5. The molecule has 1 rings (SSSR count). The summed E-state index contributed by atoms with van der Waals surface area (Å²) in [5, 5.41) is 17.8. The smallest absolute Gasteiger partial charge is 0.0669 e. The van der Waals surface area contributed by atoms with Crippen molar-refractivity contribution in [3.8, 4) is 0 Å². The predicted molar refractivity (Wildman–Crippen MR) is 79.1 cm³/mol. The Hall–Kier alpha value is -0.870. The first-order valence-electron chi connectivity index (χ1n) is 7.30. The van der Waals surface area contributed by atoms with Crippen LogP contribution in [0, 0.1) is 5.41 Å². The molecular formula is C15H29N3O. The minimum Gasteiger partial charge on any atom is -0.392 e. The number of hydrogen-bond acceptors (Lipinski definition) is 3. The molecule has 0 fully saturated rings. The molecule has 0 spiro atoms. The van der Waals surface area contributed by atoms with Gasteiger partial charge in [0.2, 0.25) is 0 Å². The lowest BCUT2D eigenvalue weighted by Crippen LogP contribution is -2.30. The third-order valence-corrected chi connectivity index (χ3v) is 3.11. The van der Waals surface area contributed by atoms with Crippen LogP contribution < -0.4 is 5.32 Å². The van der Waals surface area contributed by atoms with Crippen molar-refractivity contribution in [3.05, 3.63) is 17.5 Å². The first-order chi connectivity index (χ1) is 8.85. The van der Waals surface area contributed by atoms with E-state index in [1.807, 2.05) is 4.68 Å². The molecule has 1 aromatic rings. The number of aliphatic hydroxyl groups is 1. The maximum absolute atomic E-state index is 9.96. The van der Waals surface area contributed by atoms with Gasteiger partial charge in [0.25, 0.3) is 0 Å². The fourth-order valence-corrected chi connectivity index (χ4v) is 2.25. The summed E-state index contributed by atoms with van der Waals surface area (Å²) >= 11 is 0. The monoisotopic (exact) mass is 267 g/mol. The number of rotatable bonds is 7. The molecule has 0 amide bonds. The van der Waals surface area contributed by atoms with Crippen molar-refractivity contribution in [2.24, 2.45) is 5.41 Å². The number of aliphatic hydroxyl groups excluding tert-OH is 1. The molecule has 0 aliphatic carbocycles. The number of hydrogen-bond donors (Lipinski definition) is 2. The first-order valence-corrected chi connectivity index (χ1v) is 7.30. The van der Waals surface area contributed by atoms with Crippen LogP contribution in [0.4, 0.5) is 0 Å². The summed E-state index contributed by atoms with van der Waals surface area (Å²) in [6, 6.07) is 2.15. The van der Waals surface area contributed by atoms with Crippen molar-refractivity contribution in [1.82, 2.24) is 15.1 Å². The fourth-order valence-electron chi connectivity index (χ4n) is 2.25. The van der Waals surface area contributed by atoms with Gasteiger partial charge in [0.05, 0.1) is 17.5 Å². The topological polar surface area (TPSA) is 50.1 Å². The number of nitrogens with zero attached hydrogens (tertiary/aromatic N) is 2. The Morgan fingerprint density at radius 2 is 2.05 bits per heavy atom. The normalized spacial score (nSPS) is 13.8. The minimum absolute atomic E-state index is 0.168. The van der Waals surface area contributed by atoms with Gasteiger partial charge < -0.3 is 10.4 Å². The molecule has 2 N–H and O–H groups in total. The molecule has 1 unspecified atom stereocenters. The summed E-state index contributed by atoms with van der Waals surface area (Å²) in [5.74, 6) is 0. The number of aryl methyl sites for hydroxylation is 2. The second kappa shape index (κ2) is 7.06. The molecule has 0 aliphatic rings. The average molecular weight is 267 g/mol. The lowest BCUT2D eigenvalue weighted by Gasteiger charge is -2.22. The highest BCUT2D eigenvalue weighted by atomic mass is 16.3. The molecule has 0 aliphatic heterocycles. The van der Waals surface area contributed by atoms with E-state index in [-0.39, 0.29) is 11.5 Å². The first kappa shape index (κ1) is 16.2. The molecule has 1 heterocycles. The van der Waals surface area contributed by atoms with Gasteiger partial charge in [0.15, 0.2) is 0 Å². The quantitative estimate of drug-likeness (QED) is 0.797. The molecule has 110 valence electrons. The van der Waals surface area contributed by atoms with Crippen LogP contribution in [-0.2, 0) is 19.5 Å². The highest BCUT2D eigenvalue weighted by Gasteiger charge is 2.16. The van der Waals surface area contributed by atoms with Crippen molar-refractivity contribution >= 4 is 0 Å². The standard InChI is InChI=1S/C15H29N3O/c1-6-12-8-13(18(7-2)17-12)10-16-11-14(19)9-15(3,4)5/h8,14,16,19H,6-7,9-11H2,1-5H3. The van der Waals surface area contributed by atoms with Gasteiger partial charge in [-0.3, -0.25) is 4.68 Å². The summed E-state index contributed by atoms with van der Waals surface area (Å²) in [7, 11) is 0. The fraction of sp³-hybridized carbons (Fsp3) is 0.800. The zero-order valence-electron chi connectivity index (χ0n) is 13.0. The van der Waals surface area contributed by atoms with E-state index < -0.39 is 0 Å². The molecule has 19 heavy (non-hydrogen) atoms. The average Bonchev–Trinajstić information content (AvgIpc) is 2.69. The van der Waals surface area contributed by atoms with Crippen molar-refractivity contribution < 1.29 is 5.11 Å². The molecule has 0 saturated heterocycles. The van der Waals surface area contributed by atoms with Crippen molar-refractivity contribution in [2.75, 3.05) is 6.54 Å². The second-order valence-corrected chi connectivity index (χ2v) is 6.35. The number of nitrogens with one attached hydrogen (secondary N) is 1. The Morgan fingerprint density at radius 1 is 1.37 bits per heavy atom. The largest absolute Gasteiger partial charge is 0.392 e. The Morgan fingerprint density at radius 3 is 2.58 bits per heavy atom. The van der Waals surface area contributed by atoms with Crippen LogP contribution in [0.3, 0.4) is 0 Å². The van der Waals surface area contributed by atoms with E-state index >= 15 is 0 Å². The maximum Gasteiger partial charge on any atom is 0.0669 e. The summed E-state index contributed by atoms with van der Waals surface area (Å²) in [6.45, 7) is 13.0. The van der Waals surface area contributed by atoms with Gasteiger partial charge in [0.1, 0.15) is 0 Å². The number of aromatic nitrogens is 2. The highest BCUT2D eigenvalue weighted by Crippen LogP contribution is 2.20. The van der Waals surface area contributed by atoms with E-state index in [2.05, 4.69) is 51.1 Å². The van der Waals surface area contributed by atoms with E-state index in [0.717, 1.165) is 31.6 Å². The molecular weight excluding hydrogens is 238 g/mol. The SMILES string of the molecule is CCc1cc(CNCC(O)CC(C)(C)C)n(CC)n1. The predicted octanol–water partition coefficient (Wildman–Crippen LogP) is 2.35. The Bertz CT molecular complexity index is 379. The Balaban J connectivity index is 2.42. The van der Waals surface area contributed by atoms with Crippen molar-refractivity contribution in [2.45, 2.75) is 66.7 Å². The molecule has 0 saturated carbocycles. The molecule has 4 nitrogen and oxygen atoms in total. The molecule has 0 radical (unpaired) electrons. The third kappa shape index (κ3) is 5.74. The molecule has 4 heteroatoms. The van der Waals surface area contributed by atoms with Gasteiger partial charge in [-0.2, -0.15) is 5.10 Å². The lowest BCUT2D eigenvalue weighted by atomic mass is 9.89. The van der Waals surface area contributed by atoms with E-state index in [1.165, 1.54) is 5.69 Å². The van der Waals surface area contributed by atoms with E-state index in [1.54, 1.807) is 0 Å². The second-order valence-electron chi connectivity index (χ2n) is 6.35. The van der Waals surface area contributed by atoms with Gasteiger partial charge in [-0.15, -0.1) is 0 Å². The summed E-state index contributed by atoms with van der Waals surface area (Å²) in [4.78, 5) is 0. The van der Waals surface area contributed by atoms with Crippen LogP contribution in [0.25, 0.3) is 0 Å². The molecule has 0 bridgehead atoms. The lowest BCUT2D eigenvalue weighted by molar-refractivity contribution is 0.119. The Kier molecular flexibility index (Phi) is 6.01. The zero-order valence-corrected chi connectivity index (χ0v) is 13.0. The Labute approximate surface area is 117 Å². The van der Waals surface area contributed by atoms with Crippen molar-refractivity contribution in [3.63, 3.8) is 0 Å². The van der Waals surface area contributed by atoms with E-state index in [4.69, 9.17) is 0 Å². The maximum atomic E-state index is 9.96. The van der Waals surface area contributed by atoms with Crippen LogP contribution in [-0.4, -0.2) is 27.5 Å².